The summed E-state index contributed by atoms with van der Waals surface area (Å²) in [6.45, 7) is 7.87. The fourth-order valence-electron chi connectivity index (χ4n) is 3.34. The first-order chi connectivity index (χ1) is 11.8. The van der Waals surface area contributed by atoms with Crippen LogP contribution in [0.15, 0.2) is 24.4 Å². The van der Waals surface area contributed by atoms with Crippen molar-refractivity contribution < 1.29 is 0 Å². The lowest BCUT2D eigenvalue weighted by Gasteiger charge is -2.35. The maximum Gasteiger partial charge on any atom is 0.199 e. The summed E-state index contributed by atoms with van der Waals surface area (Å²) in [5.74, 6) is 2.89. The zero-order chi connectivity index (χ0) is 16.5. The van der Waals surface area contributed by atoms with E-state index in [1.807, 2.05) is 23.0 Å². The van der Waals surface area contributed by atoms with E-state index < -0.39 is 0 Å². The number of piperazine rings is 1. The van der Waals surface area contributed by atoms with Crippen LogP contribution in [-0.4, -0.2) is 50.4 Å². The van der Waals surface area contributed by atoms with Gasteiger partial charge in [-0.2, -0.15) is 5.10 Å². The van der Waals surface area contributed by atoms with Gasteiger partial charge in [0.2, 0.25) is 0 Å². The Kier molecular flexibility index (Phi) is 4.37. The second-order valence-electron chi connectivity index (χ2n) is 6.59. The molecule has 1 saturated carbocycles. The van der Waals surface area contributed by atoms with E-state index in [9.17, 15) is 0 Å². The van der Waals surface area contributed by atoms with Crippen molar-refractivity contribution in [3.05, 3.63) is 35.0 Å². The molecule has 6 nitrogen and oxygen atoms in total. The Labute approximate surface area is 147 Å². The predicted molar refractivity (Wildman–Crippen MR) is 96.7 cm³/mol. The summed E-state index contributed by atoms with van der Waals surface area (Å²) in [7, 11) is 0. The summed E-state index contributed by atoms with van der Waals surface area (Å²) in [4.78, 5) is 9.22. The SMILES string of the molecule is CCn1c(C2CC2)nn(CN2CCN(c3ccccn3)CC2)c1=S. The fourth-order valence-corrected chi connectivity index (χ4v) is 3.66. The molecule has 4 rings (SSSR count). The molecule has 2 fully saturated rings. The zero-order valence-electron chi connectivity index (χ0n) is 14.1. The molecule has 0 atom stereocenters. The molecule has 7 heteroatoms. The van der Waals surface area contributed by atoms with Crippen LogP contribution in [0.3, 0.4) is 0 Å². The summed E-state index contributed by atoms with van der Waals surface area (Å²) in [5.41, 5.74) is 0. The van der Waals surface area contributed by atoms with Crippen molar-refractivity contribution in [2.75, 3.05) is 31.1 Å². The van der Waals surface area contributed by atoms with E-state index in [2.05, 4.69) is 32.3 Å². The minimum absolute atomic E-state index is 0.633. The molecule has 0 spiro atoms. The Morgan fingerprint density at radius 3 is 2.58 bits per heavy atom. The van der Waals surface area contributed by atoms with Crippen molar-refractivity contribution in [1.82, 2.24) is 24.2 Å². The third-order valence-electron chi connectivity index (χ3n) is 4.89. The second-order valence-corrected chi connectivity index (χ2v) is 6.96. The van der Waals surface area contributed by atoms with Crippen molar-refractivity contribution in [1.29, 1.82) is 0 Å². The van der Waals surface area contributed by atoms with Crippen LogP contribution in [0, 0.1) is 4.77 Å². The molecule has 24 heavy (non-hydrogen) atoms. The smallest absolute Gasteiger partial charge is 0.199 e. The van der Waals surface area contributed by atoms with Gasteiger partial charge in [-0.25, -0.2) is 9.67 Å². The number of nitrogens with zero attached hydrogens (tertiary/aromatic N) is 6. The molecule has 0 amide bonds. The summed E-state index contributed by atoms with van der Waals surface area (Å²) in [5, 5.41) is 4.82. The highest BCUT2D eigenvalue weighted by molar-refractivity contribution is 7.71. The molecule has 1 aliphatic heterocycles. The van der Waals surface area contributed by atoms with Gasteiger partial charge in [0.15, 0.2) is 4.77 Å². The predicted octanol–water partition coefficient (Wildman–Crippen LogP) is 2.49. The molecular formula is C17H24N6S. The number of anilines is 1. The molecule has 1 aliphatic carbocycles. The van der Waals surface area contributed by atoms with Crippen LogP contribution >= 0.6 is 12.2 Å². The lowest BCUT2D eigenvalue weighted by Crippen LogP contribution is -2.47. The number of pyridine rings is 1. The van der Waals surface area contributed by atoms with E-state index in [0.717, 1.165) is 50.0 Å². The van der Waals surface area contributed by atoms with Gasteiger partial charge in [0.1, 0.15) is 11.6 Å². The van der Waals surface area contributed by atoms with Crippen molar-refractivity contribution >= 4 is 18.0 Å². The highest BCUT2D eigenvalue weighted by Crippen LogP contribution is 2.39. The Bertz CT molecular complexity index is 740. The summed E-state index contributed by atoms with van der Waals surface area (Å²) in [6.07, 6.45) is 4.38. The van der Waals surface area contributed by atoms with E-state index in [1.54, 1.807) is 0 Å². The maximum absolute atomic E-state index is 5.64. The summed E-state index contributed by atoms with van der Waals surface area (Å²) >= 11 is 5.64. The van der Waals surface area contributed by atoms with Gasteiger partial charge in [0, 0.05) is 44.8 Å². The van der Waals surface area contributed by atoms with Gasteiger partial charge in [-0.05, 0) is 44.1 Å². The van der Waals surface area contributed by atoms with E-state index in [1.165, 1.54) is 18.7 Å². The molecule has 128 valence electrons. The van der Waals surface area contributed by atoms with Gasteiger partial charge in [0.25, 0.3) is 0 Å². The minimum atomic E-state index is 0.633. The van der Waals surface area contributed by atoms with Gasteiger partial charge in [-0.1, -0.05) is 6.07 Å². The Balaban J connectivity index is 1.41. The normalized spacial score (nSPS) is 19.0. The van der Waals surface area contributed by atoms with E-state index in [0.29, 0.717) is 5.92 Å². The third-order valence-corrected chi connectivity index (χ3v) is 5.32. The van der Waals surface area contributed by atoms with Crippen LogP contribution in [0.5, 0.6) is 0 Å². The molecule has 2 aliphatic rings. The highest BCUT2D eigenvalue weighted by atomic mass is 32.1. The molecule has 3 heterocycles. The van der Waals surface area contributed by atoms with Gasteiger partial charge in [-0.15, -0.1) is 0 Å². The standard InChI is InChI=1S/C17H24N6S/c1-2-22-16(14-6-7-14)19-23(17(22)24)13-20-9-11-21(12-10-20)15-5-3-4-8-18-15/h3-5,8,14H,2,6-7,9-13H2,1H3. The van der Waals surface area contributed by atoms with Crippen molar-refractivity contribution in [2.45, 2.75) is 38.9 Å². The van der Waals surface area contributed by atoms with Crippen LogP contribution in [0.1, 0.15) is 31.5 Å². The van der Waals surface area contributed by atoms with Gasteiger partial charge < -0.3 is 9.47 Å². The van der Waals surface area contributed by atoms with Gasteiger partial charge in [0.05, 0.1) is 6.67 Å². The minimum Gasteiger partial charge on any atom is -0.354 e. The first kappa shape index (κ1) is 15.8. The van der Waals surface area contributed by atoms with Crippen LogP contribution in [0.25, 0.3) is 0 Å². The number of hydrogen-bond acceptors (Lipinski definition) is 5. The molecular weight excluding hydrogens is 320 g/mol. The van der Waals surface area contributed by atoms with E-state index in [-0.39, 0.29) is 0 Å². The average Bonchev–Trinajstić information content (AvgIpc) is 3.42. The van der Waals surface area contributed by atoms with E-state index >= 15 is 0 Å². The Morgan fingerprint density at radius 2 is 1.96 bits per heavy atom. The molecule has 0 bridgehead atoms. The zero-order valence-corrected chi connectivity index (χ0v) is 15.0. The van der Waals surface area contributed by atoms with Gasteiger partial charge in [-0.3, -0.25) is 4.90 Å². The molecule has 0 unspecified atom stereocenters. The quantitative estimate of drug-likeness (QED) is 0.780. The molecule has 1 saturated heterocycles. The molecule has 2 aromatic rings. The van der Waals surface area contributed by atoms with Crippen LogP contribution in [0.4, 0.5) is 5.82 Å². The number of rotatable bonds is 5. The average molecular weight is 344 g/mol. The molecule has 0 radical (unpaired) electrons. The first-order valence-corrected chi connectivity index (χ1v) is 9.23. The molecule has 0 N–H and O–H groups in total. The van der Waals surface area contributed by atoms with Crippen LogP contribution in [0.2, 0.25) is 0 Å². The third kappa shape index (κ3) is 3.10. The Hall–Kier alpha value is -1.73. The van der Waals surface area contributed by atoms with Crippen LogP contribution in [-0.2, 0) is 13.2 Å². The lowest BCUT2D eigenvalue weighted by atomic mass is 10.3. The Morgan fingerprint density at radius 1 is 1.17 bits per heavy atom. The first-order valence-electron chi connectivity index (χ1n) is 8.82. The number of hydrogen-bond donors (Lipinski definition) is 0. The monoisotopic (exact) mass is 344 g/mol. The number of aromatic nitrogens is 4. The van der Waals surface area contributed by atoms with Crippen molar-refractivity contribution in [3.8, 4) is 0 Å². The largest absolute Gasteiger partial charge is 0.354 e. The van der Waals surface area contributed by atoms with Crippen molar-refractivity contribution in [3.63, 3.8) is 0 Å². The summed E-state index contributed by atoms with van der Waals surface area (Å²) in [6, 6.07) is 6.09. The fraction of sp³-hybridized carbons (Fsp3) is 0.588. The topological polar surface area (TPSA) is 42.1 Å². The van der Waals surface area contributed by atoms with E-state index in [4.69, 9.17) is 17.3 Å². The van der Waals surface area contributed by atoms with Crippen LogP contribution < -0.4 is 4.90 Å². The molecule has 2 aromatic heterocycles. The van der Waals surface area contributed by atoms with Gasteiger partial charge >= 0.3 is 0 Å². The van der Waals surface area contributed by atoms with Crippen molar-refractivity contribution in [2.24, 2.45) is 0 Å². The highest BCUT2D eigenvalue weighted by Gasteiger charge is 2.30. The summed E-state index contributed by atoms with van der Waals surface area (Å²) < 4.78 is 5.09. The molecule has 0 aromatic carbocycles. The maximum atomic E-state index is 5.64. The second kappa shape index (κ2) is 6.64. The lowest BCUT2D eigenvalue weighted by molar-refractivity contribution is 0.193.